The van der Waals surface area contributed by atoms with Crippen molar-refractivity contribution in [3.63, 3.8) is 0 Å². The third kappa shape index (κ3) is 3.62. The summed E-state index contributed by atoms with van der Waals surface area (Å²) >= 11 is 6.02. The Morgan fingerprint density at radius 2 is 1.56 bits per heavy atom. The van der Waals surface area contributed by atoms with Gasteiger partial charge in [-0.3, -0.25) is 14.3 Å². The highest BCUT2D eigenvalue weighted by molar-refractivity contribution is 7.92. The number of aromatic nitrogens is 2. The molecule has 0 amide bonds. The van der Waals surface area contributed by atoms with Crippen molar-refractivity contribution in [3.8, 4) is 11.5 Å². The van der Waals surface area contributed by atoms with Crippen LogP contribution in [0.4, 0.5) is 5.69 Å². The Bertz CT molecular complexity index is 1250. The maximum atomic E-state index is 12.7. The molecule has 0 radical (unpaired) electrons. The zero-order chi connectivity index (χ0) is 19.8. The molecule has 0 saturated carbocycles. The van der Waals surface area contributed by atoms with E-state index in [9.17, 15) is 18.0 Å². The van der Waals surface area contributed by atoms with Crippen LogP contribution in [0.5, 0.6) is 11.5 Å². The number of methoxy groups -OCH3 is 2. The van der Waals surface area contributed by atoms with Crippen molar-refractivity contribution in [3.05, 3.63) is 56.1 Å². The fourth-order valence-electron chi connectivity index (χ4n) is 2.40. The lowest BCUT2D eigenvalue weighted by atomic mass is 10.3. The minimum atomic E-state index is -4.04. The molecule has 11 heteroatoms. The van der Waals surface area contributed by atoms with Crippen LogP contribution in [0, 0.1) is 0 Å². The van der Waals surface area contributed by atoms with E-state index in [1.807, 2.05) is 0 Å². The van der Waals surface area contributed by atoms with Crippen LogP contribution in [0.15, 0.2) is 44.8 Å². The number of ether oxygens (including phenoxy) is 2. The Kier molecular flexibility index (Phi) is 4.85. The minimum Gasteiger partial charge on any atom is -0.495 e. The monoisotopic (exact) mass is 411 g/mol. The first kappa shape index (κ1) is 18.8. The van der Waals surface area contributed by atoms with Crippen LogP contribution in [0.25, 0.3) is 11.0 Å². The highest BCUT2D eigenvalue weighted by Gasteiger charge is 2.19. The summed E-state index contributed by atoms with van der Waals surface area (Å²) in [7, 11) is -1.28. The predicted molar refractivity (Wildman–Crippen MR) is 101 cm³/mol. The molecule has 0 spiro atoms. The van der Waals surface area contributed by atoms with E-state index in [1.165, 1.54) is 44.6 Å². The quantitative estimate of drug-likeness (QED) is 0.547. The fourth-order valence-corrected chi connectivity index (χ4v) is 3.72. The molecule has 1 aromatic heterocycles. The number of H-pyrrole nitrogens is 2. The molecule has 0 fully saturated rings. The van der Waals surface area contributed by atoms with E-state index in [4.69, 9.17) is 21.1 Å². The van der Waals surface area contributed by atoms with Gasteiger partial charge in [-0.1, -0.05) is 11.6 Å². The van der Waals surface area contributed by atoms with E-state index in [-0.39, 0.29) is 32.6 Å². The molecule has 0 unspecified atom stereocenters. The molecule has 0 aliphatic carbocycles. The molecule has 0 aliphatic heterocycles. The van der Waals surface area contributed by atoms with Gasteiger partial charge in [0.05, 0.1) is 40.9 Å². The van der Waals surface area contributed by atoms with Gasteiger partial charge in [-0.2, -0.15) is 0 Å². The largest absolute Gasteiger partial charge is 0.495 e. The molecular formula is C16H14ClN3O6S. The van der Waals surface area contributed by atoms with Gasteiger partial charge in [0.15, 0.2) is 0 Å². The van der Waals surface area contributed by atoms with Gasteiger partial charge < -0.3 is 19.4 Å². The lowest BCUT2D eigenvalue weighted by Gasteiger charge is -2.14. The number of fused-ring (bicyclic) bond motifs is 1. The number of aromatic amines is 2. The number of anilines is 1. The van der Waals surface area contributed by atoms with Crippen molar-refractivity contribution in [1.82, 2.24) is 9.97 Å². The average molecular weight is 412 g/mol. The Hall–Kier alpha value is -2.98. The van der Waals surface area contributed by atoms with Crippen LogP contribution in [-0.4, -0.2) is 32.6 Å². The lowest BCUT2D eigenvalue weighted by Crippen LogP contribution is -2.29. The van der Waals surface area contributed by atoms with Gasteiger partial charge in [0, 0.05) is 12.1 Å². The van der Waals surface area contributed by atoms with E-state index in [0.717, 1.165) is 0 Å². The van der Waals surface area contributed by atoms with Gasteiger partial charge in [0.25, 0.3) is 10.0 Å². The Labute approximate surface area is 158 Å². The molecule has 3 rings (SSSR count). The smallest absolute Gasteiger partial charge is 0.314 e. The molecule has 9 nitrogen and oxygen atoms in total. The first-order chi connectivity index (χ1) is 12.7. The molecule has 0 bridgehead atoms. The van der Waals surface area contributed by atoms with Crippen LogP contribution >= 0.6 is 11.6 Å². The number of hydrogen-bond donors (Lipinski definition) is 3. The molecule has 2 aromatic carbocycles. The van der Waals surface area contributed by atoms with E-state index < -0.39 is 21.1 Å². The summed E-state index contributed by atoms with van der Waals surface area (Å²) in [5.74, 6) is 0.457. The third-order valence-electron chi connectivity index (χ3n) is 3.72. The normalized spacial score (nSPS) is 11.4. The summed E-state index contributed by atoms with van der Waals surface area (Å²) < 4.78 is 38.1. The van der Waals surface area contributed by atoms with Gasteiger partial charge in [-0.05, 0) is 18.2 Å². The maximum absolute atomic E-state index is 12.7. The van der Waals surface area contributed by atoms with Crippen LogP contribution in [-0.2, 0) is 10.0 Å². The first-order valence-electron chi connectivity index (χ1n) is 7.46. The second-order valence-electron chi connectivity index (χ2n) is 5.41. The highest BCUT2D eigenvalue weighted by atomic mass is 35.5. The average Bonchev–Trinajstić information content (AvgIpc) is 2.63. The molecular weight excluding hydrogens is 398 g/mol. The van der Waals surface area contributed by atoms with E-state index in [2.05, 4.69) is 14.7 Å². The summed E-state index contributed by atoms with van der Waals surface area (Å²) in [6, 6.07) is 6.70. The van der Waals surface area contributed by atoms with Crippen LogP contribution < -0.4 is 25.3 Å². The predicted octanol–water partition coefficient (Wildman–Crippen LogP) is 1.69. The Balaban J connectivity index is 2.07. The van der Waals surface area contributed by atoms with E-state index in [1.54, 1.807) is 0 Å². The topological polar surface area (TPSA) is 130 Å². The number of nitrogens with one attached hydrogen (secondary N) is 3. The zero-order valence-electron chi connectivity index (χ0n) is 14.1. The maximum Gasteiger partial charge on any atom is 0.314 e. The van der Waals surface area contributed by atoms with E-state index >= 15 is 0 Å². The van der Waals surface area contributed by atoms with Crippen molar-refractivity contribution in [2.24, 2.45) is 0 Å². The second kappa shape index (κ2) is 6.97. The van der Waals surface area contributed by atoms with Crippen LogP contribution in [0.2, 0.25) is 5.02 Å². The summed E-state index contributed by atoms with van der Waals surface area (Å²) in [5.41, 5.74) is -1.12. The Morgan fingerprint density at radius 1 is 0.926 bits per heavy atom. The molecule has 142 valence electrons. The molecule has 0 atom stereocenters. The number of hydrogen-bond acceptors (Lipinski definition) is 6. The fraction of sp³-hybridized carbons (Fsp3) is 0.125. The van der Waals surface area contributed by atoms with Gasteiger partial charge in [-0.25, -0.2) is 8.42 Å². The number of benzene rings is 2. The summed E-state index contributed by atoms with van der Waals surface area (Å²) in [6.45, 7) is 0. The first-order valence-corrected chi connectivity index (χ1v) is 9.32. The van der Waals surface area contributed by atoms with Crippen molar-refractivity contribution in [2.75, 3.05) is 18.9 Å². The summed E-state index contributed by atoms with van der Waals surface area (Å²) in [6.07, 6.45) is 0. The van der Waals surface area contributed by atoms with Gasteiger partial charge in [0.2, 0.25) is 0 Å². The standard InChI is InChI=1S/C16H14ClN3O6S/c1-25-13-7-12(14(26-2)6-9(13)17)20-27(23,24)8-3-4-10-11(5-8)19-16(22)15(21)18-10/h3-7,20H,1-2H3,(H,18,21)(H,19,22). The van der Waals surface area contributed by atoms with Crippen molar-refractivity contribution >= 4 is 38.3 Å². The molecule has 3 N–H and O–H groups in total. The van der Waals surface area contributed by atoms with Gasteiger partial charge in [0.1, 0.15) is 11.5 Å². The highest BCUT2D eigenvalue weighted by Crippen LogP contribution is 2.37. The minimum absolute atomic E-state index is 0.119. The number of halogens is 1. The number of rotatable bonds is 5. The van der Waals surface area contributed by atoms with Gasteiger partial charge in [-0.15, -0.1) is 0 Å². The van der Waals surface area contributed by atoms with Crippen molar-refractivity contribution in [1.29, 1.82) is 0 Å². The molecule has 0 saturated heterocycles. The molecule has 3 aromatic rings. The van der Waals surface area contributed by atoms with Crippen LogP contribution in [0.3, 0.4) is 0 Å². The third-order valence-corrected chi connectivity index (χ3v) is 5.38. The van der Waals surface area contributed by atoms with Gasteiger partial charge >= 0.3 is 11.1 Å². The molecule has 27 heavy (non-hydrogen) atoms. The number of sulfonamides is 1. The summed E-state index contributed by atoms with van der Waals surface area (Å²) in [4.78, 5) is 27.4. The zero-order valence-corrected chi connectivity index (χ0v) is 15.7. The van der Waals surface area contributed by atoms with Crippen molar-refractivity contribution in [2.45, 2.75) is 4.90 Å². The van der Waals surface area contributed by atoms with Crippen molar-refractivity contribution < 1.29 is 17.9 Å². The Morgan fingerprint density at radius 3 is 2.19 bits per heavy atom. The second-order valence-corrected chi connectivity index (χ2v) is 7.50. The van der Waals surface area contributed by atoms with E-state index in [0.29, 0.717) is 5.52 Å². The molecule has 1 heterocycles. The van der Waals surface area contributed by atoms with Crippen LogP contribution in [0.1, 0.15) is 0 Å². The lowest BCUT2D eigenvalue weighted by molar-refractivity contribution is 0.405. The SMILES string of the molecule is COc1cc(NS(=O)(=O)c2ccc3[nH]c(=O)c(=O)[nH]c3c2)c(OC)cc1Cl. The summed E-state index contributed by atoms with van der Waals surface area (Å²) in [5, 5.41) is 0.254. The molecule has 0 aliphatic rings.